The Balaban J connectivity index is 1.04. The minimum absolute atomic E-state index is 0.0195. The Kier molecular flexibility index (Phi) is 11.9. The molecule has 328 valence electrons. The van der Waals surface area contributed by atoms with E-state index in [0.29, 0.717) is 24.7 Å². The molecule has 3 aliphatic rings. The Morgan fingerprint density at radius 2 is 1.48 bits per heavy atom. The highest BCUT2D eigenvalue weighted by Gasteiger charge is 2.43. The molecule has 62 heavy (non-hydrogen) atoms. The molecule has 5 aromatic rings. The van der Waals surface area contributed by atoms with E-state index in [1.54, 1.807) is 11.8 Å². The summed E-state index contributed by atoms with van der Waals surface area (Å²) in [4.78, 5) is 73.1. The minimum atomic E-state index is -0.934. The van der Waals surface area contributed by atoms with E-state index >= 15 is 0 Å². The quantitative estimate of drug-likeness (QED) is 0.105. The Hall–Kier alpha value is -6.16. The molecule has 0 bridgehead atoms. The number of alkyl carbamates (subject to hydrolysis) is 2. The van der Waals surface area contributed by atoms with Crippen LogP contribution in [0.3, 0.4) is 0 Å². The fraction of sp³-hybridized carbons (Fsp3) is 0.478. The first-order valence-electron chi connectivity index (χ1n) is 21.5. The maximum atomic E-state index is 14.1. The zero-order valence-corrected chi connectivity index (χ0v) is 36.5. The Morgan fingerprint density at radius 1 is 0.823 bits per heavy atom. The molecule has 4 N–H and O–H groups in total. The lowest BCUT2D eigenvalue weighted by molar-refractivity contribution is -0.139. The molecule has 0 aliphatic carbocycles. The molecule has 4 amide bonds. The van der Waals surface area contributed by atoms with Gasteiger partial charge in [-0.05, 0) is 98.7 Å². The molecule has 8 rings (SSSR count). The van der Waals surface area contributed by atoms with Gasteiger partial charge in [0.25, 0.3) is 0 Å². The number of aromatic nitrogens is 4. The van der Waals surface area contributed by atoms with Gasteiger partial charge in [-0.15, -0.1) is 0 Å². The third-order valence-electron chi connectivity index (χ3n) is 13.3. The van der Waals surface area contributed by atoms with Gasteiger partial charge in [0.15, 0.2) is 0 Å². The van der Waals surface area contributed by atoms with Crippen molar-refractivity contribution < 1.29 is 38.1 Å². The number of nitrogens with one attached hydrogen (secondary N) is 4. The predicted molar refractivity (Wildman–Crippen MR) is 232 cm³/mol. The Labute approximate surface area is 360 Å². The molecule has 3 aromatic carbocycles. The standard InChI is InChI=1S/C46H56N8O8/c1-9-23(2)38(51-45(57)60-7)43(55)53-24(3)10-16-35(53)41-47-21-34(49-41)28-12-14-30-29(18-28)22-62-37-20-31-27(19-32(30)37)13-15-33-40(31)50-42(48-33)36-17-11-25(4)54(36)44(56)39(26(5)59-6)52-46(58)61-8/h12-15,18-21,23-26,35-36,38-39H,9-11,16-17,22H2,1-8H3,(H,47,49)(H,48,50)(H,51,57)(H,52,58)/t23-,24-,25-,26+,35-,36-,38-,39-/m0/s1. The summed E-state index contributed by atoms with van der Waals surface area (Å²) < 4.78 is 21.6. The number of nitrogens with zero attached hydrogens (tertiary/aromatic N) is 4. The van der Waals surface area contributed by atoms with Crippen molar-refractivity contribution in [3.63, 3.8) is 0 Å². The van der Waals surface area contributed by atoms with E-state index in [1.165, 1.54) is 21.3 Å². The number of H-pyrrole nitrogens is 2. The van der Waals surface area contributed by atoms with Crippen LogP contribution < -0.4 is 15.4 Å². The second-order valence-electron chi connectivity index (χ2n) is 16.9. The number of carbonyl (C=O) groups excluding carboxylic acids is 4. The van der Waals surface area contributed by atoms with E-state index < -0.39 is 30.4 Å². The van der Waals surface area contributed by atoms with E-state index in [1.807, 2.05) is 44.9 Å². The Morgan fingerprint density at radius 3 is 2.15 bits per heavy atom. The van der Waals surface area contributed by atoms with Crippen LogP contribution in [0.2, 0.25) is 0 Å². The number of amides is 4. The van der Waals surface area contributed by atoms with E-state index in [2.05, 4.69) is 57.0 Å². The molecule has 8 atom stereocenters. The largest absolute Gasteiger partial charge is 0.488 e. The number of benzene rings is 3. The molecule has 0 radical (unpaired) electrons. The fourth-order valence-corrected chi connectivity index (χ4v) is 9.42. The van der Waals surface area contributed by atoms with Gasteiger partial charge in [-0.3, -0.25) is 9.59 Å². The molecule has 2 fully saturated rings. The minimum Gasteiger partial charge on any atom is -0.488 e. The number of hydrogen-bond acceptors (Lipinski definition) is 10. The third-order valence-corrected chi connectivity index (χ3v) is 13.3. The second-order valence-corrected chi connectivity index (χ2v) is 16.9. The van der Waals surface area contributed by atoms with Gasteiger partial charge in [-0.1, -0.05) is 38.5 Å². The molecular weight excluding hydrogens is 793 g/mol. The molecule has 2 saturated heterocycles. The van der Waals surface area contributed by atoms with Gasteiger partial charge in [0, 0.05) is 30.1 Å². The SMILES string of the molecule is CC[C@H](C)[C@H](NC(=O)OC)C(=O)N1[C@@H](C)CC[C@H]1c1ncc(-c2ccc3c(c2)COc2cc4c(ccc5[nH]c([C@@H]6CC[C@H](C)N6C(=O)[C@@H](NC(=O)OC)[C@@H](C)OC)nc54)cc2-3)[nH]1. The van der Waals surface area contributed by atoms with Crippen molar-refractivity contribution in [3.05, 3.63) is 65.9 Å². The van der Waals surface area contributed by atoms with Crippen LogP contribution in [0, 0.1) is 5.92 Å². The number of methoxy groups -OCH3 is 3. The second kappa shape index (κ2) is 17.3. The average Bonchev–Trinajstić information content (AvgIpc) is 4.11. The predicted octanol–water partition coefficient (Wildman–Crippen LogP) is 7.30. The summed E-state index contributed by atoms with van der Waals surface area (Å²) in [5.74, 6) is 1.67. The summed E-state index contributed by atoms with van der Waals surface area (Å²) in [6, 6.07) is 12.3. The number of imidazole rings is 2. The summed E-state index contributed by atoms with van der Waals surface area (Å²) >= 11 is 0. The zero-order valence-electron chi connectivity index (χ0n) is 36.5. The topological polar surface area (TPSA) is 193 Å². The molecule has 0 saturated carbocycles. The van der Waals surface area contributed by atoms with Crippen LogP contribution in [0.4, 0.5) is 9.59 Å². The van der Waals surface area contributed by atoms with Gasteiger partial charge >= 0.3 is 12.2 Å². The van der Waals surface area contributed by atoms with Gasteiger partial charge in [0.1, 0.15) is 36.1 Å². The fourth-order valence-electron chi connectivity index (χ4n) is 9.42. The number of hydrogen-bond donors (Lipinski definition) is 4. The molecule has 5 heterocycles. The van der Waals surface area contributed by atoms with Crippen molar-refractivity contribution in [2.75, 3.05) is 21.3 Å². The smallest absolute Gasteiger partial charge is 0.407 e. The molecule has 2 aromatic heterocycles. The van der Waals surface area contributed by atoms with Gasteiger partial charge in [-0.2, -0.15) is 0 Å². The van der Waals surface area contributed by atoms with Gasteiger partial charge in [-0.25, -0.2) is 19.6 Å². The van der Waals surface area contributed by atoms with E-state index in [9.17, 15) is 19.2 Å². The molecule has 0 unspecified atom stereocenters. The van der Waals surface area contributed by atoms with Crippen LogP contribution in [-0.4, -0.2) is 105 Å². The number of aromatic amines is 2. The Bertz CT molecular complexity index is 2520. The zero-order chi connectivity index (χ0) is 44.0. The summed E-state index contributed by atoms with van der Waals surface area (Å²) in [6.45, 7) is 10.1. The highest BCUT2D eigenvalue weighted by atomic mass is 16.5. The lowest BCUT2D eigenvalue weighted by atomic mass is 9.92. The highest BCUT2D eigenvalue weighted by molar-refractivity contribution is 6.07. The van der Waals surface area contributed by atoms with Crippen LogP contribution in [-0.2, 0) is 30.4 Å². The summed E-state index contributed by atoms with van der Waals surface area (Å²) in [5, 5.41) is 7.37. The van der Waals surface area contributed by atoms with Crippen molar-refractivity contribution in [2.24, 2.45) is 5.92 Å². The summed E-state index contributed by atoms with van der Waals surface area (Å²) in [7, 11) is 4.07. The van der Waals surface area contributed by atoms with Crippen LogP contribution in [0.5, 0.6) is 5.75 Å². The molecule has 16 nitrogen and oxygen atoms in total. The first-order chi connectivity index (χ1) is 29.8. The molecule has 0 spiro atoms. The highest BCUT2D eigenvalue weighted by Crippen LogP contribution is 2.44. The lowest BCUT2D eigenvalue weighted by Gasteiger charge is -2.33. The van der Waals surface area contributed by atoms with E-state index in [-0.39, 0.29) is 41.9 Å². The number of carbonyl (C=O) groups is 4. The average molecular weight is 849 g/mol. The number of likely N-dealkylation sites (tertiary alicyclic amines) is 2. The molecular formula is C46H56N8O8. The van der Waals surface area contributed by atoms with Crippen LogP contribution in [0.15, 0.2) is 48.7 Å². The maximum absolute atomic E-state index is 14.1. The van der Waals surface area contributed by atoms with Crippen molar-refractivity contribution in [2.45, 2.75) is 116 Å². The lowest BCUT2D eigenvalue weighted by Crippen LogP contribution is -2.55. The van der Waals surface area contributed by atoms with E-state index in [4.69, 9.17) is 28.9 Å². The van der Waals surface area contributed by atoms with Crippen molar-refractivity contribution in [1.29, 1.82) is 0 Å². The van der Waals surface area contributed by atoms with Crippen molar-refractivity contribution >= 4 is 45.8 Å². The van der Waals surface area contributed by atoms with Gasteiger partial charge in [0.05, 0.1) is 55.3 Å². The van der Waals surface area contributed by atoms with Crippen LogP contribution >= 0.6 is 0 Å². The number of rotatable bonds is 11. The number of fused-ring (bicyclic) bond motifs is 6. The first kappa shape index (κ1) is 42.5. The normalized spacial score (nSPS) is 21.4. The first-order valence-corrected chi connectivity index (χ1v) is 21.5. The third kappa shape index (κ3) is 7.69. The van der Waals surface area contributed by atoms with Crippen molar-refractivity contribution in [3.8, 4) is 28.1 Å². The molecule has 16 heteroatoms. The van der Waals surface area contributed by atoms with Crippen LogP contribution in [0.1, 0.15) is 96.0 Å². The molecule has 3 aliphatic heterocycles. The van der Waals surface area contributed by atoms with Gasteiger partial charge < -0.3 is 49.3 Å². The van der Waals surface area contributed by atoms with Gasteiger partial charge in [0.2, 0.25) is 11.8 Å². The van der Waals surface area contributed by atoms with E-state index in [0.717, 1.165) is 81.2 Å². The monoisotopic (exact) mass is 848 g/mol. The summed E-state index contributed by atoms with van der Waals surface area (Å²) in [5.41, 5.74) is 6.51. The number of ether oxygens (including phenoxy) is 4. The van der Waals surface area contributed by atoms with Crippen molar-refractivity contribution in [1.82, 2.24) is 40.4 Å². The van der Waals surface area contributed by atoms with Crippen LogP contribution in [0.25, 0.3) is 44.2 Å². The summed E-state index contributed by atoms with van der Waals surface area (Å²) in [6.07, 6.45) is 3.68. The maximum Gasteiger partial charge on any atom is 0.407 e.